The predicted octanol–water partition coefficient (Wildman–Crippen LogP) is 2.34. The second-order valence-corrected chi connectivity index (χ2v) is 5.64. The van der Waals surface area contributed by atoms with E-state index in [-0.39, 0.29) is 0 Å². The topological polar surface area (TPSA) is 24.9 Å². The third kappa shape index (κ3) is 1.59. The number of aromatic nitrogens is 1. The minimum atomic E-state index is 0.794. The molecule has 2 nitrogen and oxygen atoms in total. The lowest BCUT2D eigenvalue weighted by atomic mass is 10.2. The molecule has 1 aromatic heterocycles. The van der Waals surface area contributed by atoms with Crippen molar-refractivity contribution in [2.75, 3.05) is 0 Å². The summed E-state index contributed by atoms with van der Waals surface area (Å²) < 4.78 is 0. The molecule has 0 spiro atoms. The molecule has 0 aliphatic heterocycles. The molecule has 3 rings (SSSR count). The lowest BCUT2D eigenvalue weighted by molar-refractivity contribution is 0.471. The van der Waals surface area contributed by atoms with E-state index in [1.807, 2.05) is 0 Å². The lowest BCUT2D eigenvalue weighted by Crippen LogP contribution is -2.28. The molecule has 1 heterocycles. The zero-order valence-corrected chi connectivity index (χ0v) is 9.31. The first-order valence-corrected chi connectivity index (χ1v) is 6.35. The van der Waals surface area contributed by atoms with Gasteiger partial charge in [-0.15, -0.1) is 11.3 Å². The Kier molecular flexibility index (Phi) is 2.10. The van der Waals surface area contributed by atoms with Crippen molar-refractivity contribution in [2.45, 2.75) is 38.8 Å². The molecule has 14 heavy (non-hydrogen) atoms. The third-order valence-corrected chi connectivity index (χ3v) is 4.38. The van der Waals surface area contributed by atoms with Gasteiger partial charge in [0.2, 0.25) is 0 Å². The summed E-state index contributed by atoms with van der Waals surface area (Å²) in [5.74, 6) is 2.08. The van der Waals surface area contributed by atoms with Crippen LogP contribution in [0.3, 0.4) is 0 Å². The van der Waals surface area contributed by atoms with E-state index in [0.717, 1.165) is 24.4 Å². The number of nitrogens with one attached hydrogen (secondary N) is 1. The Balaban J connectivity index is 1.54. The minimum Gasteiger partial charge on any atom is -0.308 e. The summed E-state index contributed by atoms with van der Waals surface area (Å²) >= 11 is 1.75. The molecule has 1 N–H and O–H groups in total. The van der Waals surface area contributed by atoms with Gasteiger partial charge < -0.3 is 5.32 Å². The number of fused-ring (bicyclic) bond motifs is 1. The minimum absolute atomic E-state index is 0.794. The Labute approximate surface area is 88.7 Å². The zero-order chi connectivity index (χ0) is 9.54. The van der Waals surface area contributed by atoms with E-state index in [1.54, 1.807) is 11.3 Å². The Morgan fingerprint density at radius 2 is 2.50 bits per heavy atom. The van der Waals surface area contributed by atoms with E-state index >= 15 is 0 Å². The maximum Gasteiger partial charge on any atom is 0.0897 e. The van der Waals surface area contributed by atoms with Gasteiger partial charge in [-0.1, -0.05) is 0 Å². The van der Waals surface area contributed by atoms with Crippen LogP contribution in [0, 0.1) is 18.8 Å². The van der Waals surface area contributed by atoms with E-state index < -0.39 is 0 Å². The number of hydrogen-bond donors (Lipinski definition) is 1. The van der Waals surface area contributed by atoms with Gasteiger partial charge in [0.1, 0.15) is 0 Å². The number of aryl methyl sites for hydroxylation is 1. The second kappa shape index (κ2) is 3.31. The Bertz CT molecular complexity index is 334. The normalized spacial score (nSPS) is 34.5. The van der Waals surface area contributed by atoms with Gasteiger partial charge in [0.05, 0.1) is 10.7 Å². The highest BCUT2D eigenvalue weighted by molar-refractivity contribution is 7.09. The fourth-order valence-corrected chi connectivity index (χ4v) is 3.29. The molecule has 2 saturated carbocycles. The van der Waals surface area contributed by atoms with Crippen molar-refractivity contribution in [1.29, 1.82) is 0 Å². The molecule has 1 aromatic rings. The summed E-state index contributed by atoms with van der Waals surface area (Å²) in [5, 5.41) is 6.99. The van der Waals surface area contributed by atoms with E-state index in [9.17, 15) is 0 Å². The largest absolute Gasteiger partial charge is 0.308 e. The SMILES string of the molecule is Cc1nc(CNC2CCC3CC32)cs1. The Morgan fingerprint density at radius 3 is 3.07 bits per heavy atom. The zero-order valence-electron chi connectivity index (χ0n) is 8.49. The maximum absolute atomic E-state index is 4.47. The molecule has 0 amide bonds. The first kappa shape index (κ1) is 8.86. The third-order valence-electron chi connectivity index (χ3n) is 3.55. The van der Waals surface area contributed by atoms with Gasteiger partial charge in [-0.25, -0.2) is 4.98 Å². The molecular weight excluding hydrogens is 192 g/mol. The van der Waals surface area contributed by atoms with Gasteiger partial charge in [-0.2, -0.15) is 0 Å². The molecule has 2 aliphatic carbocycles. The van der Waals surface area contributed by atoms with Crippen molar-refractivity contribution in [3.05, 3.63) is 16.1 Å². The molecule has 3 unspecified atom stereocenters. The maximum atomic E-state index is 4.47. The molecule has 3 heteroatoms. The summed E-state index contributed by atoms with van der Waals surface area (Å²) in [7, 11) is 0. The van der Waals surface area contributed by atoms with Crippen LogP contribution >= 0.6 is 11.3 Å². The van der Waals surface area contributed by atoms with Crippen LogP contribution in [0.15, 0.2) is 5.38 Å². The number of nitrogens with zero attached hydrogens (tertiary/aromatic N) is 1. The first-order chi connectivity index (χ1) is 6.83. The van der Waals surface area contributed by atoms with Crippen LogP contribution in [0.5, 0.6) is 0 Å². The Morgan fingerprint density at radius 1 is 1.57 bits per heavy atom. The fraction of sp³-hybridized carbons (Fsp3) is 0.727. The number of hydrogen-bond acceptors (Lipinski definition) is 3. The van der Waals surface area contributed by atoms with Crippen LogP contribution < -0.4 is 5.32 Å². The average Bonchev–Trinajstić information content (AvgIpc) is 2.66. The highest BCUT2D eigenvalue weighted by Gasteiger charge is 2.47. The molecule has 0 bridgehead atoms. The van der Waals surface area contributed by atoms with Gasteiger partial charge >= 0.3 is 0 Å². The lowest BCUT2D eigenvalue weighted by Gasteiger charge is -2.12. The predicted molar refractivity (Wildman–Crippen MR) is 58.3 cm³/mol. The molecule has 0 saturated heterocycles. The first-order valence-electron chi connectivity index (χ1n) is 5.47. The Hall–Kier alpha value is -0.410. The average molecular weight is 208 g/mol. The van der Waals surface area contributed by atoms with Crippen molar-refractivity contribution >= 4 is 11.3 Å². The van der Waals surface area contributed by atoms with Crippen LogP contribution in [0.4, 0.5) is 0 Å². The van der Waals surface area contributed by atoms with Crippen LogP contribution in [-0.2, 0) is 6.54 Å². The van der Waals surface area contributed by atoms with Crippen LogP contribution in [0.2, 0.25) is 0 Å². The second-order valence-electron chi connectivity index (χ2n) is 4.58. The van der Waals surface area contributed by atoms with Crippen molar-refractivity contribution in [1.82, 2.24) is 10.3 Å². The van der Waals surface area contributed by atoms with Crippen LogP contribution in [0.25, 0.3) is 0 Å². The number of rotatable bonds is 3. The summed E-state index contributed by atoms with van der Waals surface area (Å²) in [5.41, 5.74) is 1.22. The molecule has 3 atom stereocenters. The molecule has 0 aromatic carbocycles. The highest BCUT2D eigenvalue weighted by Crippen LogP contribution is 2.51. The van der Waals surface area contributed by atoms with Crippen molar-refractivity contribution < 1.29 is 0 Å². The van der Waals surface area contributed by atoms with Gasteiger partial charge in [0, 0.05) is 18.0 Å². The fourth-order valence-electron chi connectivity index (χ4n) is 2.68. The highest BCUT2D eigenvalue weighted by atomic mass is 32.1. The quantitative estimate of drug-likeness (QED) is 0.824. The molecule has 2 fully saturated rings. The van der Waals surface area contributed by atoms with Crippen LogP contribution in [-0.4, -0.2) is 11.0 Å². The smallest absolute Gasteiger partial charge is 0.0897 e. The standard InChI is InChI=1S/C11H16N2S/c1-7-13-9(6-14-7)5-12-11-3-2-8-4-10(8)11/h6,8,10-12H,2-5H2,1H3. The molecule has 0 radical (unpaired) electrons. The summed E-state index contributed by atoms with van der Waals surface area (Å²) in [6, 6.07) is 0.794. The summed E-state index contributed by atoms with van der Waals surface area (Å²) in [6.07, 6.45) is 4.32. The van der Waals surface area contributed by atoms with Gasteiger partial charge in [0.15, 0.2) is 0 Å². The van der Waals surface area contributed by atoms with Crippen LogP contribution in [0.1, 0.15) is 30.0 Å². The van der Waals surface area contributed by atoms with Crippen molar-refractivity contribution in [2.24, 2.45) is 11.8 Å². The number of thiazole rings is 1. The van der Waals surface area contributed by atoms with E-state index in [4.69, 9.17) is 0 Å². The summed E-state index contributed by atoms with van der Waals surface area (Å²) in [4.78, 5) is 4.47. The van der Waals surface area contributed by atoms with Gasteiger partial charge in [-0.05, 0) is 38.0 Å². The summed E-state index contributed by atoms with van der Waals surface area (Å²) in [6.45, 7) is 3.04. The van der Waals surface area contributed by atoms with Gasteiger partial charge in [0.25, 0.3) is 0 Å². The van der Waals surface area contributed by atoms with Crippen molar-refractivity contribution in [3.8, 4) is 0 Å². The molecule has 76 valence electrons. The monoisotopic (exact) mass is 208 g/mol. The van der Waals surface area contributed by atoms with E-state index in [0.29, 0.717) is 0 Å². The molecule has 2 aliphatic rings. The van der Waals surface area contributed by atoms with E-state index in [2.05, 4.69) is 22.6 Å². The van der Waals surface area contributed by atoms with Crippen molar-refractivity contribution in [3.63, 3.8) is 0 Å². The van der Waals surface area contributed by atoms with Gasteiger partial charge in [-0.3, -0.25) is 0 Å². The van der Waals surface area contributed by atoms with E-state index in [1.165, 1.54) is 30.0 Å². The molecular formula is C11H16N2S.